The van der Waals surface area contributed by atoms with E-state index in [0.29, 0.717) is 5.75 Å². The molecule has 0 aliphatic carbocycles. The molecule has 1 rings (SSSR count). The number of hydrogen-bond acceptors (Lipinski definition) is 4. The molecule has 86 valence electrons. The molecule has 0 aromatic heterocycles. The van der Waals surface area contributed by atoms with E-state index in [-0.39, 0.29) is 23.6 Å². The molecular formula is C11H13NO4. The van der Waals surface area contributed by atoms with Gasteiger partial charge in [0.1, 0.15) is 5.78 Å². The normalized spacial score (nSPS) is 9.62. The van der Waals surface area contributed by atoms with Crippen molar-refractivity contribution in [2.75, 3.05) is 13.7 Å². The highest BCUT2D eigenvalue weighted by Crippen LogP contribution is 2.25. The summed E-state index contributed by atoms with van der Waals surface area (Å²) in [5.41, 5.74) is 0.277. The number of carbonyl (C=O) groups excluding carboxylic acids is 2. The lowest BCUT2D eigenvalue weighted by Crippen LogP contribution is -2.28. The predicted octanol–water partition coefficient (Wildman–Crippen LogP) is 0.720. The number of hydrogen-bond donors (Lipinski definition) is 2. The van der Waals surface area contributed by atoms with Gasteiger partial charge in [-0.2, -0.15) is 0 Å². The standard InChI is InChI=1S/C11H13NO4/c1-7(13)6-12-11(15)8-3-4-10(16-2)9(14)5-8/h3-5,14H,6H2,1-2H3,(H,12,15). The summed E-state index contributed by atoms with van der Waals surface area (Å²) in [6.07, 6.45) is 0. The minimum absolute atomic E-state index is 0.0222. The predicted molar refractivity (Wildman–Crippen MR) is 57.7 cm³/mol. The lowest BCUT2D eigenvalue weighted by Gasteiger charge is -2.06. The zero-order valence-electron chi connectivity index (χ0n) is 9.11. The summed E-state index contributed by atoms with van der Waals surface area (Å²) < 4.78 is 4.84. The monoisotopic (exact) mass is 223 g/mol. The van der Waals surface area contributed by atoms with Crippen LogP contribution in [0.1, 0.15) is 17.3 Å². The molecule has 0 fully saturated rings. The van der Waals surface area contributed by atoms with E-state index in [0.717, 1.165) is 0 Å². The maximum atomic E-state index is 11.5. The molecule has 0 atom stereocenters. The molecule has 5 nitrogen and oxygen atoms in total. The second-order valence-electron chi connectivity index (χ2n) is 3.27. The van der Waals surface area contributed by atoms with E-state index >= 15 is 0 Å². The molecule has 0 aliphatic rings. The van der Waals surface area contributed by atoms with Crippen LogP contribution in [0.2, 0.25) is 0 Å². The van der Waals surface area contributed by atoms with Crippen molar-refractivity contribution in [2.24, 2.45) is 0 Å². The zero-order chi connectivity index (χ0) is 12.1. The van der Waals surface area contributed by atoms with Gasteiger partial charge in [0.2, 0.25) is 0 Å². The molecule has 0 spiro atoms. The van der Waals surface area contributed by atoms with Crippen molar-refractivity contribution in [3.05, 3.63) is 23.8 Å². The van der Waals surface area contributed by atoms with E-state index in [1.165, 1.54) is 32.2 Å². The number of amides is 1. The van der Waals surface area contributed by atoms with Crippen LogP contribution >= 0.6 is 0 Å². The number of phenols is 1. The quantitative estimate of drug-likeness (QED) is 0.788. The molecule has 0 heterocycles. The van der Waals surface area contributed by atoms with Gasteiger partial charge < -0.3 is 15.2 Å². The summed E-state index contributed by atoms with van der Waals surface area (Å²) in [5.74, 6) is -0.361. The van der Waals surface area contributed by atoms with Crippen molar-refractivity contribution in [1.82, 2.24) is 5.32 Å². The molecule has 0 saturated carbocycles. The van der Waals surface area contributed by atoms with E-state index < -0.39 is 5.91 Å². The fourth-order valence-electron chi connectivity index (χ4n) is 1.14. The zero-order valence-corrected chi connectivity index (χ0v) is 9.11. The first-order valence-electron chi connectivity index (χ1n) is 4.69. The fraction of sp³-hybridized carbons (Fsp3) is 0.273. The molecule has 0 unspecified atom stereocenters. The number of phenolic OH excluding ortho intramolecular Hbond substituents is 1. The Morgan fingerprint density at radius 2 is 2.12 bits per heavy atom. The first-order chi connectivity index (χ1) is 7.54. The number of ketones is 1. The Hall–Kier alpha value is -2.04. The van der Waals surface area contributed by atoms with Gasteiger partial charge in [-0.25, -0.2) is 0 Å². The molecule has 0 aliphatic heterocycles. The SMILES string of the molecule is COc1ccc(C(=O)NCC(C)=O)cc1O. The second-order valence-corrected chi connectivity index (χ2v) is 3.27. The van der Waals surface area contributed by atoms with Crippen LogP contribution in [0.3, 0.4) is 0 Å². The number of carbonyl (C=O) groups is 2. The van der Waals surface area contributed by atoms with Gasteiger partial charge in [-0.05, 0) is 25.1 Å². The molecule has 1 aromatic rings. The number of benzene rings is 1. The van der Waals surface area contributed by atoms with Gasteiger partial charge in [0, 0.05) is 5.56 Å². The van der Waals surface area contributed by atoms with E-state index in [1.807, 2.05) is 0 Å². The molecule has 0 saturated heterocycles. The number of methoxy groups -OCH3 is 1. The van der Waals surface area contributed by atoms with Crippen molar-refractivity contribution < 1.29 is 19.4 Å². The van der Waals surface area contributed by atoms with Crippen LogP contribution in [0.25, 0.3) is 0 Å². The Labute approximate surface area is 93.0 Å². The number of ether oxygens (including phenoxy) is 1. The van der Waals surface area contributed by atoms with Crippen molar-refractivity contribution in [1.29, 1.82) is 0 Å². The number of aromatic hydroxyl groups is 1. The Kier molecular flexibility index (Phi) is 3.88. The molecule has 1 amide bonds. The second kappa shape index (κ2) is 5.16. The molecule has 2 N–H and O–H groups in total. The smallest absolute Gasteiger partial charge is 0.251 e. The third kappa shape index (κ3) is 2.98. The Morgan fingerprint density at radius 1 is 1.44 bits per heavy atom. The third-order valence-electron chi connectivity index (χ3n) is 1.94. The Bertz CT molecular complexity index is 414. The first kappa shape index (κ1) is 12.0. The Morgan fingerprint density at radius 3 is 2.62 bits per heavy atom. The van der Waals surface area contributed by atoms with Crippen LogP contribution < -0.4 is 10.1 Å². The highest BCUT2D eigenvalue weighted by molar-refractivity contribution is 5.96. The van der Waals surface area contributed by atoms with Crippen LogP contribution in [-0.2, 0) is 4.79 Å². The van der Waals surface area contributed by atoms with Gasteiger partial charge in [0.15, 0.2) is 11.5 Å². The van der Waals surface area contributed by atoms with Gasteiger partial charge in [-0.1, -0.05) is 0 Å². The molecule has 16 heavy (non-hydrogen) atoms. The van der Waals surface area contributed by atoms with Gasteiger partial charge in [-0.3, -0.25) is 9.59 Å². The molecular weight excluding hydrogens is 210 g/mol. The maximum absolute atomic E-state index is 11.5. The first-order valence-corrected chi connectivity index (χ1v) is 4.69. The lowest BCUT2D eigenvalue weighted by molar-refractivity contribution is -0.116. The van der Waals surface area contributed by atoms with Crippen molar-refractivity contribution >= 4 is 11.7 Å². The summed E-state index contributed by atoms with van der Waals surface area (Å²) >= 11 is 0. The van der Waals surface area contributed by atoms with Crippen molar-refractivity contribution in [3.63, 3.8) is 0 Å². The summed E-state index contributed by atoms with van der Waals surface area (Å²) in [4.78, 5) is 22.1. The van der Waals surface area contributed by atoms with Crippen molar-refractivity contribution in [2.45, 2.75) is 6.92 Å². The minimum Gasteiger partial charge on any atom is -0.504 e. The van der Waals surface area contributed by atoms with Gasteiger partial charge in [0.25, 0.3) is 5.91 Å². The maximum Gasteiger partial charge on any atom is 0.251 e. The average Bonchev–Trinajstić information content (AvgIpc) is 2.25. The summed E-state index contributed by atoms with van der Waals surface area (Å²) in [6.45, 7) is 1.36. The van der Waals surface area contributed by atoms with Crippen LogP contribution in [0, 0.1) is 0 Å². The fourth-order valence-corrected chi connectivity index (χ4v) is 1.14. The van der Waals surface area contributed by atoms with E-state index in [2.05, 4.69) is 5.32 Å². The Balaban J connectivity index is 2.77. The molecule has 0 bridgehead atoms. The average molecular weight is 223 g/mol. The minimum atomic E-state index is -0.409. The van der Waals surface area contributed by atoms with Crippen LogP contribution in [0.15, 0.2) is 18.2 Å². The van der Waals surface area contributed by atoms with Gasteiger partial charge in [0.05, 0.1) is 13.7 Å². The van der Waals surface area contributed by atoms with Crippen molar-refractivity contribution in [3.8, 4) is 11.5 Å². The summed E-state index contributed by atoms with van der Waals surface area (Å²) in [7, 11) is 1.42. The third-order valence-corrected chi connectivity index (χ3v) is 1.94. The van der Waals surface area contributed by atoms with Crippen LogP contribution in [0.4, 0.5) is 0 Å². The molecule has 0 radical (unpaired) electrons. The summed E-state index contributed by atoms with van der Waals surface area (Å²) in [5, 5.41) is 11.9. The highest BCUT2D eigenvalue weighted by atomic mass is 16.5. The highest BCUT2D eigenvalue weighted by Gasteiger charge is 2.09. The van der Waals surface area contributed by atoms with E-state index in [9.17, 15) is 14.7 Å². The topological polar surface area (TPSA) is 75.6 Å². The van der Waals surface area contributed by atoms with E-state index in [1.54, 1.807) is 0 Å². The lowest BCUT2D eigenvalue weighted by atomic mass is 10.2. The molecule has 1 aromatic carbocycles. The number of Topliss-reactive ketones (excluding diaryl/α,β-unsaturated/α-hetero) is 1. The van der Waals surface area contributed by atoms with Crippen LogP contribution in [-0.4, -0.2) is 30.5 Å². The number of rotatable bonds is 4. The van der Waals surface area contributed by atoms with Gasteiger partial charge >= 0.3 is 0 Å². The van der Waals surface area contributed by atoms with Crippen LogP contribution in [0.5, 0.6) is 11.5 Å². The molecule has 5 heteroatoms. The number of nitrogens with one attached hydrogen (secondary N) is 1. The van der Waals surface area contributed by atoms with Gasteiger partial charge in [-0.15, -0.1) is 0 Å². The van der Waals surface area contributed by atoms with E-state index in [4.69, 9.17) is 4.74 Å². The summed E-state index contributed by atoms with van der Waals surface area (Å²) in [6, 6.07) is 4.28. The largest absolute Gasteiger partial charge is 0.504 e.